The number of aryl methyl sites for hydroxylation is 4. The minimum atomic E-state index is -0.159. The van der Waals surface area contributed by atoms with Gasteiger partial charge in [0.25, 0.3) is 0 Å². The lowest BCUT2D eigenvalue weighted by molar-refractivity contribution is 0.764. The first-order valence-electron chi connectivity index (χ1n) is 7.02. The molecule has 1 unspecified atom stereocenters. The number of nitriles is 1. The summed E-state index contributed by atoms with van der Waals surface area (Å²) < 4.78 is 0. The van der Waals surface area contributed by atoms with Crippen LogP contribution in [0.4, 0.5) is 0 Å². The Labute approximate surface area is 120 Å². The number of imidazole rings is 1. The molecule has 1 N–H and O–H groups in total. The van der Waals surface area contributed by atoms with Crippen molar-refractivity contribution < 1.29 is 0 Å². The standard InChI is InChI=1S/C17H21N3/c1-6-14(9-18)17-19-13(5)16(20-17)15-11(3)7-10(2)8-12(15)4/h7-8,14H,6H2,1-5H3,(H,19,20). The Hall–Kier alpha value is -2.08. The summed E-state index contributed by atoms with van der Waals surface area (Å²) in [6, 6.07) is 6.66. The Morgan fingerprint density at radius 3 is 2.30 bits per heavy atom. The number of aromatic amines is 1. The van der Waals surface area contributed by atoms with E-state index in [4.69, 9.17) is 4.98 Å². The van der Waals surface area contributed by atoms with Gasteiger partial charge in [-0.1, -0.05) is 24.6 Å². The fourth-order valence-electron chi connectivity index (χ4n) is 2.79. The largest absolute Gasteiger partial charge is 0.344 e. The molecule has 1 aromatic carbocycles. The molecule has 0 saturated carbocycles. The molecule has 1 atom stereocenters. The van der Waals surface area contributed by atoms with Crippen molar-refractivity contribution in [1.82, 2.24) is 9.97 Å². The number of nitrogens with one attached hydrogen (secondary N) is 1. The van der Waals surface area contributed by atoms with Crippen molar-refractivity contribution in [3.05, 3.63) is 40.3 Å². The average Bonchev–Trinajstić information content (AvgIpc) is 2.72. The van der Waals surface area contributed by atoms with E-state index in [0.717, 1.165) is 23.6 Å². The lowest BCUT2D eigenvalue weighted by atomic mass is 9.96. The molecule has 104 valence electrons. The van der Waals surface area contributed by atoms with Crippen molar-refractivity contribution in [3.8, 4) is 17.3 Å². The van der Waals surface area contributed by atoms with Crippen molar-refractivity contribution >= 4 is 0 Å². The maximum atomic E-state index is 9.19. The van der Waals surface area contributed by atoms with Gasteiger partial charge in [-0.3, -0.25) is 0 Å². The maximum Gasteiger partial charge on any atom is 0.124 e. The van der Waals surface area contributed by atoms with Crippen molar-refractivity contribution in [2.75, 3.05) is 0 Å². The van der Waals surface area contributed by atoms with E-state index >= 15 is 0 Å². The number of nitrogens with zero attached hydrogens (tertiary/aromatic N) is 2. The third-order valence-electron chi connectivity index (χ3n) is 3.71. The molecule has 0 aliphatic rings. The molecule has 0 aliphatic heterocycles. The van der Waals surface area contributed by atoms with Crippen molar-refractivity contribution in [2.24, 2.45) is 0 Å². The second-order valence-electron chi connectivity index (χ2n) is 5.46. The Morgan fingerprint density at radius 1 is 1.20 bits per heavy atom. The molecule has 3 heteroatoms. The van der Waals surface area contributed by atoms with E-state index < -0.39 is 0 Å². The highest BCUT2D eigenvalue weighted by molar-refractivity contribution is 5.70. The quantitative estimate of drug-likeness (QED) is 0.900. The van der Waals surface area contributed by atoms with E-state index in [0.29, 0.717) is 0 Å². The summed E-state index contributed by atoms with van der Waals surface area (Å²) >= 11 is 0. The molecule has 3 nitrogen and oxygen atoms in total. The fourth-order valence-corrected chi connectivity index (χ4v) is 2.79. The number of rotatable bonds is 3. The minimum Gasteiger partial charge on any atom is -0.344 e. The van der Waals surface area contributed by atoms with Crippen molar-refractivity contribution in [1.29, 1.82) is 5.26 Å². The van der Waals surface area contributed by atoms with Crippen LogP contribution in [0.3, 0.4) is 0 Å². The second-order valence-corrected chi connectivity index (χ2v) is 5.46. The number of hydrogen-bond donors (Lipinski definition) is 1. The summed E-state index contributed by atoms with van der Waals surface area (Å²) in [7, 11) is 0. The van der Waals surface area contributed by atoms with Crippen LogP contribution >= 0.6 is 0 Å². The summed E-state index contributed by atoms with van der Waals surface area (Å²) in [6.07, 6.45) is 0.773. The van der Waals surface area contributed by atoms with Gasteiger partial charge in [0.1, 0.15) is 11.7 Å². The van der Waals surface area contributed by atoms with Crippen LogP contribution in [0.5, 0.6) is 0 Å². The molecule has 20 heavy (non-hydrogen) atoms. The van der Waals surface area contributed by atoms with Crippen LogP contribution in [0.1, 0.15) is 47.5 Å². The molecular weight excluding hydrogens is 246 g/mol. The summed E-state index contributed by atoms with van der Waals surface area (Å²) in [4.78, 5) is 7.98. The lowest BCUT2D eigenvalue weighted by Crippen LogP contribution is -1.96. The van der Waals surface area contributed by atoms with E-state index in [9.17, 15) is 5.26 Å². The van der Waals surface area contributed by atoms with Gasteiger partial charge in [0.05, 0.1) is 11.8 Å². The molecule has 2 aromatic rings. The minimum absolute atomic E-state index is 0.159. The number of benzene rings is 1. The Morgan fingerprint density at radius 2 is 1.80 bits per heavy atom. The fraction of sp³-hybridized carbons (Fsp3) is 0.412. The van der Waals surface area contributed by atoms with Gasteiger partial charge in [0, 0.05) is 11.3 Å². The smallest absolute Gasteiger partial charge is 0.124 e. The Bertz CT molecular complexity index is 651. The molecule has 0 bridgehead atoms. The van der Waals surface area contributed by atoms with Gasteiger partial charge >= 0.3 is 0 Å². The van der Waals surface area contributed by atoms with Gasteiger partial charge < -0.3 is 4.98 Å². The molecule has 1 heterocycles. The van der Waals surface area contributed by atoms with Crippen LogP contribution in [-0.2, 0) is 0 Å². The summed E-state index contributed by atoms with van der Waals surface area (Å²) in [5, 5.41) is 9.19. The topological polar surface area (TPSA) is 52.5 Å². The zero-order valence-electron chi connectivity index (χ0n) is 12.8. The normalized spacial score (nSPS) is 12.2. The predicted molar refractivity (Wildman–Crippen MR) is 81.6 cm³/mol. The zero-order chi connectivity index (χ0) is 14.9. The third kappa shape index (κ3) is 2.46. The number of H-pyrrole nitrogens is 1. The molecule has 0 amide bonds. The summed E-state index contributed by atoms with van der Waals surface area (Å²) in [5.74, 6) is 0.621. The summed E-state index contributed by atoms with van der Waals surface area (Å²) in [5.41, 5.74) is 6.92. The van der Waals surface area contributed by atoms with Gasteiger partial charge in [0.2, 0.25) is 0 Å². The first kappa shape index (κ1) is 14.3. The van der Waals surface area contributed by atoms with Crippen LogP contribution in [0.15, 0.2) is 12.1 Å². The Kier molecular flexibility index (Phi) is 3.94. The molecule has 0 radical (unpaired) electrons. The van der Waals surface area contributed by atoms with Crippen molar-refractivity contribution in [3.63, 3.8) is 0 Å². The summed E-state index contributed by atoms with van der Waals surface area (Å²) in [6.45, 7) is 10.4. The first-order valence-corrected chi connectivity index (χ1v) is 7.02. The Balaban J connectivity index is 2.58. The predicted octanol–water partition coefficient (Wildman–Crippen LogP) is 4.33. The number of hydrogen-bond acceptors (Lipinski definition) is 2. The van der Waals surface area contributed by atoms with E-state index in [2.05, 4.69) is 44.0 Å². The number of aromatic nitrogens is 2. The lowest BCUT2D eigenvalue weighted by Gasteiger charge is -2.10. The van der Waals surface area contributed by atoms with E-state index in [-0.39, 0.29) is 5.92 Å². The molecular formula is C17H21N3. The van der Waals surface area contributed by atoms with Gasteiger partial charge in [-0.05, 0) is 45.2 Å². The maximum absolute atomic E-state index is 9.19. The molecule has 2 rings (SSSR count). The second kappa shape index (κ2) is 5.50. The van der Waals surface area contributed by atoms with E-state index in [1.165, 1.54) is 22.3 Å². The zero-order valence-corrected chi connectivity index (χ0v) is 12.8. The van der Waals surface area contributed by atoms with Crippen LogP contribution in [0, 0.1) is 39.0 Å². The van der Waals surface area contributed by atoms with Crippen LogP contribution in [0.25, 0.3) is 11.3 Å². The molecule has 0 aliphatic carbocycles. The molecule has 0 saturated heterocycles. The van der Waals surface area contributed by atoms with Gasteiger partial charge in [-0.25, -0.2) is 4.98 Å². The van der Waals surface area contributed by atoms with Gasteiger partial charge in [-0.2, -0.15) is 5.26 Å². The van der Waals surface area contributed by atoms with E-state index in [1.54, 1.807) is 0 Å². The highest BCUT2D eigenvalue weighted by Gasteiger charge is 2.18. The average molecular weight is 267 g/mol. The van der Waals surface area contributed by atoms with Gasteiger partial charge in [-0.15, -0.1) is 0 Å². The van der Waals surface area contributed by atoms with Crippen molar-refractivity contribution in [2.45, 2.75) is 47.0 Å². The first-order chi connectivity index (χ1) is 9.47. The van der Waals surface area contributed by atoms with Crippen LogP contribution < -0.4 is 0 Å². The van der Waals surface area contributed by atoms with Crippen LogP contribution in [0.2, 0.25) is 0 Å². The van der Waals surface area contributed by atoms with Crippen LogP contribution in [-0.4, -0.2) is 9.97 Å². The highest BCUT2D eigenvalue weighted by atomic mass is 14.9. The molecule has 0 fully saturated rings. The third-order valence-corrected chi connectivity index (χ3v) is 3.71. The highest BCUT2D eigenvalue weighted by Crippen LogP contribution is 2.31. The molecule has 0 spiro atoms. The molecule has 1 aromatic heterocycles. The SMILES string of the molecule is CCC(C#N)c1nc(-c2c(C)cc(C)cc2C)c(C)[nH]1. The van der Waals surface area contributed by atoms with E-state index in [1.807, 2.05) is 13.8 Å². The monoisotopic (exact) mass is 267 g/mol. The van der Waals surface area contributed by atoms with Gasteiger partial charge in [0.15, 0.2) is 0 Å².